The van der Waals surface area contributed by atoms with Crippen molar-refractivity contribution in [3.8, 4) is 0 Å². The van der Waals surface area contributed by atoms with Gasteiger partial charge < -0.3 is 9.47 Å². The predicted molar refractivity (Wildman–Crippen MR) is 55.7 cm³/mol. The monoisotopic (exact) mass is 187 g/mol. The van der Waals surface area contributed by atoms with Crippen molar-refractivity contribution in [2.24, 2.45) is 5.41 Å². The molecule has 0 aromatic rings. The molecule has 0 spiro atoms. The third-order valence-corrected chi connectivity index (χ3v) is 2.01. The fourth-order valence-electron chi connectivity index (χ4n) is 0.922. The number of hydrogen-bond acceptors (Lipinski definition) is 2. The second-order valence-electron chi connectivity index (χ2n) is 4.69. The first kappa shape index (κ1) is 12.9. The van der Waals surface area contributed by atoms with Gasteiger partial charge in [0.2, 0.25) is 0 Å². The van der Waals surface area contributed by atoms with Gasteiger partial charge in [0, 0.05) is 12.5 Å². The molecule has 0 heterocycles. The molecule has 1 atom stereocenters. The molecule has 0 bridgehead atoms. The first-order valence-corrected chi connectivity index (χ1v) is 4.81. The van der Waals surface area contributed by atoms with Gasteiger partial charge in [-0.05, 0) is 34.1 Å². The summed E-state index contributed by atoms with van der Waals surface area (Å²) in [5.74, 6) is 0. The van der Waals surface area contributed by atoms with Crippen LogP contribution in [0.5, 0.6) is 0 Å². The van der Waals surface area contributed by atoms with E-state index in [2.05, 4.69) is 34.6 Å². The zero-order valence-electron chi connectivity index (χ0n) is 9.64. The van der Waals surface area contributed by atoms with Gasteiger partial charge >= 0.3 is 0 Å². The highest BCUT2D eigenvalue weighted by Crippen LogP contribution is 2.23. The average Bonchev–Trinajstić information content (AvgIpc) is 2.01. The first-order chi connectivity index (χ1) is 5.83. The van der Waals surface area contributed by atoms with Crippen LogP contribution in [-0.4, -0.2) is 25.9 Å². The molecule has 0 fully saturated rings. The largest absolute Gasteiger partial charge is 0.384 e. The zero-order chi connectivity index (χ0) is 10.5. The van der Waals surface area contributed by atoms with E-state index in [9.17, 15) is 0 Å². The minimum absolute atomic E-state index is 0.0914. The molecule has 0 aromatic carbocycles. The van der Waals surface area contributed by atoms with Gasteiger partial charge in [-0.25, -0.2) is 0 Å². The van der Waals surface area contributed by atoms with E-state index in [0.717, 1.165) is 6.42 Å². The highest BCUT2D eigenvalue weighted by atomic mass is 16.5. The lowest BCUT2D eigenvalue weighted by Gasteiger charge is -2.31. The van der Waals surface area contributed by atoms with E-state index in [-0.39, 0.29) is 11.0 Å². The van der Waals surface area contributed by atoms with Crippen molar-refractivity contribution < 1.29 is 9.47 Å². The average molecular weight is 187 g/mol. The van der Waals surface area contributed by atoms with Crippen molar-refractivity contribution in [2.75, 3.05) is 20.3 Å². The Hall–Kier alpha value is -0.0800. The Morgan fingerprint density at radius 1 is 1.15 bits per heavy atom. The number of methoxy groups -OCH3 is 1. The Bertz CT molecular complexity index is 138. The van der Waals surface area contributed by atoms with Gasteiger partial charge in [0.05, 0.1) is 18.8 Å². The summed E-state index contributed by atoms with van der Waals surface area (Å²) in [5.41, 5.74) is -0.187. The summed E-state index contributed by atoms with van der Waals surface area (Å²) in [6.45, 7) is 13.7. The standard InChI is InChI=1S/C11H23O2/c1-7-11(5,8-12-6)9-13-10(2,3)4/h5,7-9H2,1-4,6H3. The highest BCUT2D eigenvalue weighted by Gasteiger charge is 2.25. The van der Waals surface area contributed by atoms with Crippen LogP contribution in [0.4, 0.5) is 0 Å². The molecular weight excluding hydrogens is 164 g/mol. The summed E-state index contributed by atoms with van der Waals surface area (Å²) >= 11 is 0. The molecule has 0 aliphatic rings. The van der Waals surface area contributed by atoms with Crippen molar-refractivity contribution in [3.63, 3.8) is 0 Å². The van der Waals surface area contributed by atoms with Crippen LogP contribution in [0.2, 0.25) is 0 Å². The molecule has 0 aliphatic carbocycles. The maximum atomic E-state index is 5.70. The van der Waals surface area contributed by atoms with Crippen LogP contribution in [0.3, 0.4) is 0 Å². The number of hydrogen-bond donors (Lipinski definition) is 0. The fraction of sp³-hybridized carbons (Fsp3) is 0.909. The van der Waals surface area contributed by atoms with Crippen LogP contribution in [0, 0.1) is 12.3 Å². The van der Waals surface area contributed by atoms with Crippen LogP contribution in [0.1, 0.15) is 34.1 Å². The summed E-state index contributed by atoms with van der Waals surface area (Å²) in [6.07, 6.45) is 0.969. The van der Waals surface area contributed by atoms with Crippen molar-refractivity contribution in [3.05, 3.63) is 6.92 Å². The van der Waals surface area contributed by atoms with Crippen LogP contribution in [0.25, 0.3) is 0 Å². The van der Waals surface area contributed by atoms with E-state index < -0.39 is 0 Å². The molecule has 2 nitrogen and oxygen atoms in total. The normalized spacial score (nSPS) is 17.1. The Morgan fingerprint density at radius 3 is 2.00 bits per heavy atom. The molecule has 79 valence electrons. The van der Waals surface area contributed by atoms with E-state index in [1.165, 1.54) is 0 Å². The van der Waals surface area contributed by atoms with Crippen molar-refractivity contribution >= 4 is 0 Å². The van der Waals surface area contributed by atoms with E-state index in [4.69, 9.17) is 9.47 Å². The molecule has 1 unspecified atom stereocenters. The molecule has 13 heavy (non-hydrogen) atoms. The van der Waals surface area contributed by atoms with Gasteiger partial charge in [-0.2, -0.15) is 0 Å². The Labute approximate surface area is 82.6 Å². The fourth-order valence-corrected chi connectivity index (χ4v) is 0.922. The van der Waals surface area contributed by atoms with Gasteiger partial charge in [0.25, 0.3) is 0 Å². The predicted octanol–water partition coefficient (Wildman–Crippen LogP) is 2.68. The SMILES string of the molecule is [CH2]C(CC)(COC)COC(C)(C)C. The maximum Gasteiger partial charge on any atom is 0.0598 e. The lowest BCUT2D eigenvalue weighted by atomic mass is 9.89. The van der Waals surface area contributed by atoms with E-state index in [0.29, 0.717) is 13.2 Å². The second kappa shape index (κ2) is 4.97. The molecule has 0 saturated heterocycles. The van der Waals surface area contributed by atoms with E-state index >= 15 is 0 Å². The Kier molecular flexibility index (Phi) is 4.93. The molecule has 2 heteroatoms. The number of ether oxygens (including phenoxy) is 2. The van der Waals surface area contributed by atoms with Gasteiger partial charge in [0.1, 0.15) is 0 Å². The van der Waals surface area contributed by atoms with Crippen molar-refractivity contribution in [1.29, 1.82) is 0 Å². The Morgan fingerprint density at radius 2 is 1.69 bits per heavy atom. The third-order valence-electron chi connectivity index (χ3n) is 2.01. The summed E-state index contributed by atoms with van der Waals surface area (Å²) in [7, 11) is 1.70. The minimum atomic E-state index is -0.0952. The Balaban J connectivity index is 3.97. The second-order valence-corrected chi connectivity index (χ2v) is 4.69. The van der Waals surface area contributed by atoms with E-state index in [1.807, 2.05) is 0 Å². The smallest absolute Gasteiger partial charge is 0.0598 e. The van der Waals surface area contributed by atoms with Crippen molar-refractivity contribution in [1.82, 2.24) is 0 Å². The van der Waals surface area contributed by atoms with Crippen molar-refractivity contribution in [2.45, 2.75) is 39.7 Å². The lowest BCUT2D eigenvalue weighted by Crippen LogP contribution is -2.33. The number of rotatable bonds is 5. The highest BCUT2D eigenvalue weighted by molar-refractivity contribution is 4.81. The molecule has 0 aliphatic heterocycles. The molecule has 1 radical (unpaired) electrons. The maximum absolute atomic E-state index is 5.70. The van der Waals surface area contributed by atoms with Gasteiger partial charge in [-0.1, -0.05) is 6.92 Å². The summed E-state index contributed by atoms with van der Waals surface area (Å²) in [5, 5.41) is 0. The van der Waals surface area contributed by atoms with Crippen LogP contribution in [-0.2, 0) is 9.47 Å². The molecule has 0 saturated carbocycles. The summed E-state index contributed by atoms with van der Waals surface area (Å²) < 4.78 is 10.8. The van der Waals surface area contributed by atoms with E-state index in [1.54, 1.807) is 7.11 Å². The molecule has 0 rings (SSSR count). The van der Waals surface area contributed by atoms with Crippen LogP contribution >= 0.6 is 0 Å². The third kappa shape index (κ3) is 6.05. The molecule has 0 aromatic heterocycles. The molecule has 0 amide bonds. The van der Waals surface area contributed by atoms with Gasteiger partial charge in [-0.3, -0.25) is 0 Å². The van der Waals surface area contributed by atoms with Crippen LogP contribution < -0.4 is 0 Å². The van der Waals surface area contributed by atoms with Gasteiger partial charge in [0.15, 0.2) is 0 Å². The molecular formula is C11H23O2. The first-order valence-electron chi connectivity index (χ1n) is 4.81. The van der Waals surface area contributed by atoms with Crippen LogP contribution in [0.15, 0.2) is 0 Å². The minimum Gasteiger partial charge on any atom is -0.384 e. The summed E-state index contributed by atoms with van der Waals surface area (Å²) in [6, 6.07) is 0. The molecule has 0 N–H and O–H groups in total. The zero-order valence-corrected chi connectivity index (χ0v) is 9.64. The summed E-state index contributed by atoms with van der Waals surface area (Å²) in [4.78, 5) is 0. The lowest BCUT2D eigenvalue weighted by molar-refractivity contribution is -0.0593. The quantitative estimate of drug-likeness (QED) is 0.659. The topological polar surface area (TPSA) is 18.5 Å². The van der Waals surface area contributed by atoms with Gasteiger partial charge in [-0.15, -0.1) is 0 Å².